The van der Waals surface area contributed by atoms with Crippen LogP contribution < -0.4 is 14.8 Å². The van der Waals surface area contributed by atoms with Gasteiger partial charge in [0.25, 0.3) is 0 Å². The van der Waals surface area contributed by atoms with Crippen molar-refractivity contribution in [3.05, 3.63) is 65.0 Å². The van der Waals surface area contributed by atoms with E-state index in [-0.39, 0.29) is 19.2 Å². The van der Waals surface area contributed by atoms with Crippen LogP contribution in [-0.2, 0) is 11.3 Å². The first-order valence-corrected chi connectivity index (χ1v) is 8.80. The van der Waals surface area contributed by atoms with Crippen LogP contribution in [0.3, 0.4) is 0 Å². The molecule has 0 unspecified atom stereocenters. The van der Waals surface area contributed by atoms with Gasteiger partial charge in [-0.15, -0.1) is 5.10 Å². The standard InChI is InChI=1S/C20H19N5O3/c1-13-3-6-16(9-14(13)2)25-19(22-23-24-25)11-21-20(26)8-5-15-4-7-17-18(10-15)28-12-27-17/h3-10H,11-12H2,1-2H3,(H,21,26)/b8-5-. The van der Waals surface area contributed by atoms with Gasteiger partial charge in [0.15, 0.2) is 17.3 Å². The topological polar surface area (TPSA) is 91.2 Å². The number of nitrogens with zero attached hydrogens (tertiary/aromatic N) is 4. The minimum atomic E-state index is -0.243. The van der Waals surface area contributed by atoms with Crippen LogP contribution in [0.15, 0.2) is 42.5 Å². The Morgan fingerprint density at radius 2 is 2.00 bits per heavy atom. The third-order valence-electron chi connectivity index (χ3n) is 4.51. The molecule has 8 heteroatoms. The van der Waals surface area contributed by atoms with E-state index in [1.165, 1.54) is 11.6 Å². The molecule has 0 aliphatic carbocycles. The molecule has 3 aromatic rings. The first-order valence-electron chi connectivity index (χ1n) is 8.80. The summed E-state index contributed by atoms with van der Waals surface area (Å²) in [7, 11) is 0. The van der Waals surface area contributed by atoms with Crippen LogP contribution in [0.25, 0.3) is 11.8 Å². The molecule has 8 nitrogen and oxygen atoms in total. The molecule has 1 aromatic heterocycles. The van der Waals surface area contributed by atoms with Gasteiger partial charge in [-0.05, 0) is 71.3 Å². The van der Waals surface area contributed by atoms with Crippen LogP contribution in [0.4, 0.5) is 0 Å². The second-order valence-electron chi connectivity index (χ2n) is 6.44. The second-order valence-corrected chi connectivity index (χ2v) is 6.44. The van der Waals surface area contributed by atoms with E-state index in [9.17, 15) is 4.79 Å². The third-order valence-corrected chi connectivity index (χ3v) is 4.51. The number of nitrogens with one attached hydrogen (secondary N) is 1. The number of hydrogen-bond donors (Lipinski definition) is 1. The lowest BCUT2D eigenvalue weighted by Gasteiger charge is -2.07. The van der Waals surface area contributed by atoms with E-state index < -0.39 is 0 Å². The maximum Gasteiger partial charge on any atom is 0.244 e. The molecule has 4 rings (SSSR count). The number of carbonyl (C=O) groups excluding carboxylic acids is 1. The Balaban J connectivity index is 1.40. The van der Waals surface area contributed by atoms with Crippen molar-refractivity contribution in [1.82, 2.24) is 25.5 Å². The Morgan fingerprint density at radius 1 is 1.14 bits per heavy atom. The Bertz CT molecular complexity index is 1060. The van der Waals surface area contributed by atoms with Gasteiger partial charge in [0, 0.05) is 6.08 Å². The van der Waals surface area contributed by atoms with Gasteiger partial charge in [0.1, 0.15) is 0 Å². The fourth-order valence-corrected chi connectivity index (χ4v) is 2.79. The predicted octanol–water partition coefficient (Wildman–Crippen LogP) is 2.34. The van der Waals surface area contributed by atoms with Crippen LogP contribution in [0.2, 0.25) is 0 Å². The molecule has 0 spiro atoms. The fourth-order valence-electron chi connectivity index (χ4n) is 2.79. The van der Waals surface area contributed by atoms with Crippen LogP contribution in [0.1, 0.15) is 22.5 Å². The molecule has 2 heterocycles. The van der Waals surface area contributed by atoms with Crippen molar-refractivity contribution in [1.29, 1.82) is 0 Å². The first kappa shape index (κ1) is 17.7. The maximum atomic E-state index is 12.2. The summed E-state index contributed by atoms with van der Waals surface area (Å²) in [5.74, 6) is 1.69. The number of carbonyl (C=O) groups is 1. The monoisotopic (exact) mass is 377 g/mol. The average Bonchev–Trinajstić information content (AvgIpc) is 3.35. The lowest BCUT2D eigenvalue weighted by Crippen LogP contribution is -2.22. The van der Waals surface area contributed by atoms with Gasteiger partial charge in [-0.2, -0.15) is 4.68 Å². The van der Waals surface area contributed by atoms with Gasteiger partial charge >= 0.3 is 0 Å². The molecule has 0 radical (unpaired) electrons. The average molecular weight is 377 g/mol. The molecule has 1 amide bonds. The van der Waals surface area contributed by atoms with Gasteiger partial charge in [0.05, 0.1) is 12.2 Å². The van der Waals surface area contributed by atoms with Crippen molar-refractivity contribution >= 4 is 12.0 Å². The minimum absolute atomic E-state index is 0.213. The summed E-state index contributed by atoms with van der Waals surface area (Å²) in [4.78, 5) is 12.2. The summed E-state index contributed by atoms with van der Waals surface area (Å²) < 4.78 is 12.2. The van der Waals surface area contributed by atoms with Crippen LogP contribution in [-0.4, -0.2) is 32.9 Å². The summed E-state index contributed by atoms with van der Waals surface area (Å²) in [6.45, 7) is 4.51. The first-order chi connectivity index (χ1) is 13.6. The van der Waals surface area contributed by atoms with E-state index in [1.54, 1.807) is 10.8 Å². The second kappa shape index (κ2) is 7.51. The van der Waals surface area contributed by atoms with E-state index >= 15 is 0 Å². The summed E-state index contributed by atoms with van der Waals surface area (Å²) >= 11 is 0. The van der Waals surface area contributed by atoms with Crippen LogP contribution in [0.5, 0.6) is 11.5 Å². The van der Waals surface area contributed by atoms with Crippen molar-refractivity contribution in [2.75, 3.05) is 6.79 Å². The summed E-state index contributed by atoms with van der Waals surface area (Å²) in [6.07, 6.45) is 3.17. The quantitative estimate of drug-likeness (QED) is 0.686. The number of aryl methyl sites for hydroxylation is 2. The molecule has 142 valence electrons. The summed E-state index contributed by atoms with van der Waals surface area (Å²) in [5.41, 5.74) is 4.04. The van der Waals surface area contributed by atoms with Crippen molar-refractivity contribution in [3.63, 3.8) is 0 Å². The molecule has 1 aliphatic heterocycles. The maximum absolute atomic E-state index is 12.2. The van der Waals surface area contributed by atoms with Gasteiger partial charge in [0.2, 0.25) is 12.7 Å². The molecule has 28 heavy (non-hydrogen) atoms. The number of benzene rings is 2. The summed E-state index contributed by atoms with van der Waals surface area (Å²) in [6, 6.07) is 11.5. The molecule has 2 aromatic carbocycles. The van der Waals surface area contributed by atoms with Gasteiger partial charge in [-0.25, -0.2) is 0 Å². The minimum Gasteiger partial charge on any atom is -0.454 e. The largest absolute Gasteiger partial charge is 0.454 e. The number of ether oxygens (including phenoxy) is 2. The van der Waals surface area contributed by atoms with E-state index in [1.807, 2.05) is 50.2 Å². The molecule has 1 N–H and O–H groups in total. The van der Waals surface area contributed by atoms with Crippen molar-refractivity contribution in [2.45, 2.75) is 20.4 Å². The van der Waals surface area contributed by atoms with E-state index in [2.05, 4.69) is 20.8 Å². The Kier molecular flexibility index (Phi) is 4.76. The van der Waals surface area contributed by atoms with Crippen molar-refractivity contribution < 1.29 is 14.3 Å². The number of hydrogen-bond acceptors (Lipinski definition) is 6. The molecule has 0 saturated heterocycles. The van der Waals surface area contributed by atoms with Gasteiger partial charge in [-0.1, -0.05) is 12.1 Å². The summed E-state index contributed by atoms with van der Waals surface area (Å²) in [5, 5.41) is 14.6. The highest BCUT2D eigenvalue weighted by Gasteiger charge is 2.13. The lowest BCUT2D eigenvalue weighted by molar-refractivity contribution is -0.116. The van der Waals surface area contributed by atoms with Crippen LogP contribution in [0, 0.1) is 13.8 Å². The van der Waals surface area contributed by atoms with E-state index in [4.69, 9.17) is 9.47 Å². The predicted molar refractivity (Wildman–Crippen MR) is 102 cm³/mol. The molecule has 0 saturated carbocycles. The zero-order valence-corrected chi connectivity index (χ0v) is 15.5. The lowest BCUT2D eigenvalue weighted by atomic mass is 10.1. The van der Waals surface area contributed by atoms with Crippen molar-refractivity contribution in [2.24, 2.45) is 0 Å². The Labute approximate surface area is 161 Å². The normalized spacial score (nSPS) is 12.5. The van der Waals surface area contributed by atoms with Crippen molar-refractivity contribution in [3.8, 4) is 17.2 Å². The fraction of sp³-hybridized carbons (Fsp3) is 0.200. The number of tetrazole rings is 1. The van der Waals surface area contributed by atoms with Gasteiger partial charge < -0.3 is 14.8 Å². The zero-order chi connectivity index (χ0) is 19.5. The number of rotatable bonds is 5. The smallest absolute Gasteiger partial charge is 0.244 e. The molecule has 0 bridgehead atoms. The highest BCUT2D eigenvalue weighted by atomic mass is 16.7. The molecule has 0 fully saturated rings. The van der Waals surface area contributed by atoms with E-state index in [0.29, 0.717) is 17.3 Å². The zero-order valence-electron chi connectivity index (χ0n) is 15.5. The highest BCUT2D eigenvalue weighted by molar-refractivity contribution is 5.91. The molecule has 0 atom stereocenters. The molecule has 1 aliphatic rings. The Hall–Kier alpha value is -3.68. The SMILES string of the molecule is Cc1ccc(-n2nnnc2CNC(=O)/C=C\c2ccc3c(c2)OCO3)cc1C. The third kappa shape index (κ3) is 3.71. The Morgan fingerprint density at radius 3 is 2.86 bits per heavy atom. The highest BCUT2D eigenvalue weighted by Crippen LogP contribution is 2.32. The van der Waals surface area contributed by atoms with Crippen LogP contribution >= 0.6 is 0 Å². The molecular weight excluding hydrogens is 358 g/mol. The molecular formula is C20H19N5O3. The number of fused-ring (bicyclic) bond motifs is 1. The van der Waals surface area contributed by atoms with Gasteiger partial charge in [-0.3, -0.25) is 4.79 Å². The van der Waals surface area contributed by atoms with E-state index in [0.717, 1.165) is 16.8 Å². The number of amides is 1. The number of aromatic nitrogens is 4.